The molecule has 1 saturated heterocycles. The molecule has 2 rings (SSSR count). The second-order valence-corrected chi connectivity index (χ2v) is 6.24. The topological polar surface area (TPSA) is 32.3 Å². The van der Waals surface area contributed by atoms with Crippen molar-refractivity contribution in [1.29, 1.82) is 0 Å². The molecule has 0 saturated carbocycles. The Morgan fingerprint density at radius 3 is 2.91 bits per heavy atom. The third-order valence-electron chi connectivity index (χ3n) is 4.28. The van der Waals surface area contributed by atoms with Gasteiger partial charge in [0.1, 0.15) is 0 Å². The zero-order chi connectivity index (χ0) is 16.3. The van der Waals surface area contributed by atoms with E-state index in [-0.39, 0.29) is 5.91 Å². The fraction of sp³-hybridized carbons (Fsp3) is 0.550. The summed E-state index contributed by atoms with van der Waals surface area (Å²) in [7, 11) is 0. The third kappa shape index (κ3) is 6.88. The van der Waals surface area contributed by atoms with Gasteiger partial charge >= 0.3 is 0 Å². The quantitative estimate of drug-likeness (QED) is 0.819. The highest BCUT2D eigenvalue weighted by Gasteiger charge is 2.19. The average Bonchev–Trinajstić information content (AvgIpc) is 2.60. The van der Waals surface area contributed by atoms with Gasteiger partial charge in [0.15, 0.2) is 0 Å². The summed E-state index contributed by atoms with van der Waals surface area (Å²) in [6.07, 6.45) is 4.72. The van der Waals surface area contributed by atoms with Gasteiger partial charge in [-0.25, -0.2) is 0 Å². The molecule has 0 bridgehead atoms. The van der Waals surface area contributed by atoms with Crippen LogP contribution in [0.5, 0.6) is 0 Å². The van der Waals surface area contributed by atoms with Crippen LogP contribution in [0, 0.1) is 17.8 Å². The van der Waals surface area contributed by atoms with Crippen molar-refractivity contribution < 1.29 is 4.79 Å². The van der Waals surface area contributed by atoms with E-state index in [4.69, 9.17) is 0 Å². The first kappa shape index (κ1) is 17.6. The monoisotopic (exact) mass is 312 g/mol. The zero-order valence-corrected chi connectivity index (χ0v) is 14.2. The molecule has 1 aromatic rings. The van der Waals surface area contributed by atoms with Gasteiger partial charge in [-0.3, -0.25) is 9.69 Å². The number of aryl methyl sites for hydroxylation is 1. The summed E-state index contributed by atoms with van der Waals surface area (Å²) in [5, 5.41) is 3.11. The number of rotatable bonds is 6. The van der Waals surface area contributed by atoms with Crippen molar-refractivity contribution in [2.75, 3.05) is 26.2 Å². The van der Waals surface area contributed by atoms with Crippen LogP contribution in [0.3, 0.4) is 0 Å². The Hall–Kier alpha value is -1.79. The second-order valence-electron chi connectivity index (χ2n) is 6.24. The van der Waals surface area contributed by atoms with Crippen LogP contribution in [0.1, 0.15) is 38.2 Å². The Bertz CT molecular complexity index is 530. The number of amides is 1. The number of hydrogen-bond donors (Lipinski definition) is 1. The van der Waals surface area contributed by atoms with Crippen LogP contribution in [-0.2, 0) is 11.2 Å². The van der Waals surface area contributed by atoms with E-state index in [1.165, 1.54) is 18.4 Å². The SMILES string of the molecule is CCC#CCN1CCCC(CNC(=O)CCc2ccccc2)C1. The zero-order valence-electron chi connectivity index (χ0n) is 14.2. The average molecular weight is 312 g/mol. The van der Waals surface area contributed by atoms with Crippen LogP contribution in [-0.4, -0.2) is 37.0 Å². The van der Waals surface area contributed by atoms with Crippen molar-refractivity contribution in [1.82, 2.24) is 10.2 Å². The van der Waals surface area contributed by atoms with Crippen LogP contribution >= 0.6 is 0 Å². The van der Waals surface area contributed by atoms with E-state index in [9.17, 15) is 4.79 Å². The van der Waals surface area contributed by atoms with Gasteiger partial charge in [-0.05, 0) is 37.3 Å². The summed E-state index contributed by atoms with van der Waals surface area (Å²) in [5.41, 5.74) is 1.22. The molecule has 1 aromatic carbocycles. The van der Waals surface area contributed by atoms with Gasteiger partial charge in [0.25, 0.3) is 0 Å². The smallest absolute Gasteiger partial charge is 0.220 e. The molecule has 1 amide bonds. The Morgan fingerprint density at radius 2 is 2.13 bits per heavy atom. The van der Waals surface area contributed by atoms with Gasteiger partial charge in [-0.2, -0.15) is 0 Å². The van der Waals surface area contributed by atoms with Gasteiger partial charge < -0.3 is 5.32 Å². The van der Waals surface area contributed by atoms with Crippen molar-refractivity contribution in [2.24, 2.45) is 5.92 Å². The highest BCUT2D eigenvalue weighted by atomic mass is 16.1. The lowest BCUT2D eigenvalue weighted by Gasteiger charge is -2.31. The number of carbonyl (C=O) groups is 1. The normalized spacial score (nSPS) is 18.0. The number of nitrogens with zero attached hydrogens (tertiary/aromatic N) is 1. The van der Waals surface area contributed by atoms with E-state index in [0.717, 1.165) is 39.0 Å². The molecular formula is C20H28N2O. The number of hydrogen-bond acceptors (Lipinski definition) is 2. The number of benzene rings is 1. The summed E-state index contributed by atoms with van der Waals surface area (Å²) >= 11 is 0. The Morgan fingerprint density at radius 1 is 1.30 bits per heavy atom. The standard InChI is InChI=1S/C20H28N2O/c1-2-3-7-14-22-15-8-11-19(17-22)16-21-20(23)13-12-18-9-5-4-6-10-18/h4-6,9-10,19H,2,8,11-17H2,1H3,(H,21,23). The Kier molecular flexibility index (Phi) is 7.69. The van der Waals surface area contributed by atoms with Crippen LogP contribution in [0.2, 0.25) is 0 Å². The molecule has 1 N–H and O–H groups in total. The predicted molar refractivity (Wildman–Crippen MR) is 95.0 cm³/mol. The molecule has 0 spiro atoms. The molecule has 23 heavy (non-hydrogen) atoms. The van der Waals surface area contributed by atoms with E-state index >= 15 is 0 Å². The summed E-state index contributed by atoms with van der Waals surface area (Å²) in [6, 6.07) is 10.2. The van der Waals surface area contributed by atoms with E-state index in [1.807, 2.05) is 18.2 Å². The van der Waals surface area contributed by atoms with Gasteiger partial charge in [-0.15, -0.1) is 5.92 Å². The summed E-state index contributed by atoms with van der Waals surface area (Å²) in [6.45, 7) is 5.93. The first-order valence-corrected chi connectivity index (χ1v) is 8.76. The Balaban J connectivity index is 1.65. The molecule has 3 nitrogen and oxygen atoms in total. The van der Waals surface area contributed by atoms with Gasteiger partial charge in [0.2, 0.25) is 5.91 Å². The minimum absolute atomic E-state index is 0.164. The number of carbonyl (C=O) groups excluding carboxylic acids is 1. The summed E-state index contributed by atoms with van der Waals surface area (Å²) in [5.74, 6) is 7.08. The Labute approximate surface area is 140 Å². The molecule has 1 aliphatic rings. The van der Waals surface area contributed by atoms with Crippen molar-refractivity contribution in [2.45, 2.75) is 39.0 Å². The van der Waals surface area contributed by atoms with E-state index in [1.54, 1.807) is 0 Å². The predicted octanol–water partition coefficient (Wildman–Crippen LogP) is 2.86. The van der Waals surface area contributed by atoms with Crippen LogP contribution in [0.25, 0.3) is 0 Å². The largest absolute Gasteiger partial charge is 0.356 e. The lowest BCUT2D eigenvalue weighted by Crippen LogP contribution is -2.41. The van der Waals surface area contributed by atoms with Crippen LogP contribution < -0.4 is 5.32 Å². The first-order valence-electron chi connectivity index (χ1n) is 8.76. The van der Waals surface area contributed by atoms with Crippen LogP contribution in [0.15, 0.2) is 30.3 Å². The van der Waals surface area contributed by atoms with E-state index < -0.39 is 0 Å². The lowest BCUT2D eigenvalue weighted by molar-refractivity contribution is -0.121. The van der Waals surface area contributed by atoms with Crippen molar-refractivity contribution >= 4 is 5.91 Å². The van der Waals surface area contributed by atoms with Crippen molar-refractivity contribution in [3.63, 3.8) is 0 Å². The molecule has 0 aromatic heterocycles. The molecule has 124 valence electrons. The molecule has 1 fully saturated rings. The molecule has 1 aliphatic heterocycles. The van der Waals surface area contributed by atoms with Gasteiger partial charge in [0.05, 0.1) is 6.54 Å². The maximum atomic E-state index is 12.0. The third-order valence-corrected chi connectivity index (χ3v) is 4.28. The maximum absolute atomic E-state index is 12.0. The lowest BCUT2D eigenvalue weighted by atomic mass is 9.98. The van der Waals surface area contributed by atoms with Gasteiger partial charge in [0, 0.05) is 25.9 Å². The van der Waals surface area contributed by atoms with E-state index in [2.05, 4.69) is 41.1 Å². The fourth-order valence-electron chi connectivity index (χ4n) is 3.00. The minimum atomic E-state index is 0.164. The van der Waals surface area contributed by atoms with Crippen molar-refractivity contribution in [3.05, 3.63) is 35.9 Å². The first-order chi connectivity index (χ1) is 11.3. The molecule has 3 heteroatoms. The minimum Gasteiger partial charge on any atom is -0.356 e. The number of piperidine rings is 1. The highest BCUT2D eigenvalue weighted by Crippen LogP contribution is 2.15. The fourth-order valence-corrected chi connectivity index (χ4v) is 3.00. The highest BCUT2D eigenvalue weighted by molar-refractivity contribution is 5.76. The second kappa shape index (κ2) is 10.1. The molecule has 1 heterocycles. The van der Waals surface area contributed by atoms with Gasteiger partial charge in [-0.1, -0.05) is 43.2 Å². The summed E-state index contributed by atoms with van der Waals surface area (Å²) < 4.78 is 0. The van der Waals surface area contributed by atoms with Crippen molar-refractivity contribution in [3.8, 4) is 11.8 Å². The van der Waals surface area contributed by atoms with Crippen LogP contribution in [0.4, 0.5) is 0 Å². The summed E-state index contributed by atoms with van der Waals surface area (Å²) in [4.78, 5) is 14.4. The molecular weight excluding hydrogens is 284 g/mol. The van der Waals surface area contributed by atoms with E-state index in [0.29, 0.717) is 12.3 Å². The molecule has 1 atom stereocenters. The molecule has 0 radical (unpaired) electrons. The maximum Gasteiger partial charge on any atom is 0.220 e. The molecule has 0 aliphatic carbocycles. The number of nitrogens with one attached hydrogen (secondary N) is 1. The molecule has 1 unspecified atom stereocenters. The number of likely N-dealkylation sites (tertiary alicyclic amines) is 1.